The number of pyridine rings is 1. The SMILES string of the molecule is OC(Cn1c2ccccc2c2ccccc21)C[n+]1ccccc1.[O-][Cl+3]([O-])([O-])[O-]. The van der Waals surface area contributed by atoms with Crippen molar-refractivity contribution in [3.05, 3.63) is 79.1 Å². The molecule has 2 heterocycles. The third-order valence-corrected chi connectivity index (χ3v) is 4.27. The number of aliphatic hydroxyl groups is 1. The first-order valence-electron chi connectivity index (χ1n) is 8.53. The van der Waals surface area contributed by atoms with Gasteiger partial charge in [-0.2, -0.15) is 0 Å². The summed E-state index contributed by atoms with van der Waals surface area (Å²) < 4.78 is 38.2. The van der Waals surface area contributed by atoms with Crippen LogP contribution in [0.3, 0.4) is 0 Å². The summed E-state index contributed by atoms with van der Waals surface area (Å²) in [6.07, 6.45) is 3.52. The van der Waals surface area contributed by atoms with Crippen molar-refractivity contribution in [2.24, 2.45) is 0 Å². The lowest BCUT2D eigenvalue weighted by Gasteiger charge is -2.17. The number of halogens is 1. The van der Waals surface area contributed by atoms with Crippen LogP contribution in [0.25, 0.3) is 21.8 Å². The Morgan fingerprint density at radius 2 is 1.25 bits per heavy atom. The maximum absolute atomic E-state index is 10.6. The van der Waals surface area contributed by atoms with E-state index in [-0.39, 0.29) is 0 Å². The Bertz CT molecular complexity index is 988. The second-order valence-corrected chi connectivity index (χ2v) is 7.00. The van der Waals surface area contributed by atoms with Crippen molar-refractivity contribution in [3.8, 4) is 0 Å². The van der Waals surface area contributed by atoms with Crippen molar-refractivity contribution in [2.75, 3.05) is 0 Å². The van der Waals surface area contributed by atoms with E-state index in [9.17, 15) is 5.11 Å². The number of nitrogens with zero attached hydrogens (tertiary/aromatic N) is 2. The molecule has 8 heteroatoms. The van der Waals surface area contributed by atoms with Gasteiger partial charge >= 0.3 is 0 Å². The first-order chi connectivity index (χ1) is 13.3. The number of hydrogen-bond acceptors (Lipinski definition) is 5. The van der Waals surface area contributed by atoms with Gasteiger partial charge in [0.05, 0.1) is 6.54 Å². The molecule has 0 aliphatic heterocycles. The molecule has 0 bridgehead atoms. The summed E-state index contributed by atoms with van der Waals surface area (Å²) in [7, 11) is -4.94. The molecule has 0 amide bonds. The molecule has 0 fully saturated rings. The van der Waals surface area contributed by atoms with Crippen LogP contribution < -0.4 is 23.2 Å². The summed E-state index contributed by atoms with van der Waals surface area (Å²) in [6.45, 7) is 1.16. The van der Waals surface area contributed by atoms with Crippen molar-refractivity contribution in [2.45, 2.75) is 19.2 Å². The molecule has 4 aromatic rings. The lowest BCUT2D eigenvalue weighted by atomic mass is 10.2. The number of fused-ring (bicyclic) bond motifs is 3. The average molecular weight is 403 g/mol. The smallest absolute Gasteiger partial charge is 0.175 e. The second kappa shape index (κ2) is 8.66. The van der Waals surface area contributed by atoms with Crippen molar-refractivity contribution in [1.29, 1.82) is 0 Å². The number of para-hydroxylation sites is 2. The van der Waals surface area contributed by atoms with Gasteiger partial charge in [0.25, 0.3) is 0 Å². The van der Waals surface area contributed by atoms with Crippen molar-refractivity contribution < 1.29 is 38.6 Å². The first-order valence-corrected chi connectivity index (χ1v) is 9.76. The molecule has 0 spiro atoms. The van der Waals surface area contributed by atoms with Gasteiger partial charge in [0.1, 0.15) is 6.10 Å². The minimum absolute atomic E-state index is 0.443. The van der Waals surface area contributed by atoms with Gasteiger partial charge in [-0.25, -0.2) is 23.2 Å². The average Bonchev–Trinajstić information content (AvgIpc) is 2.96. The molecule has 4 rings (SSSR count). The summed E-state index contributed by atoms with van der Waals surface area (Å²) in [4.78, 5) is 0. The first kappa shape index (κ1) is 20.2. The van der Waals surface area contributed by atoms with Crippen molar-refractivity contribution in [1.82, 2.24) is 4.57 Å². The van der Waals surface area contributed by atoms with Crippen LogP contribution in [0.5, 0.6) is 0 Å². The summed E-state index contributed by atoms with van der Waals surface area (Å²) >= 11 is 0. The van der Waals surface area contributed by atoms with E-state index in [2.05, 4.69) is 53.1 Å². The van der Waals surface area contributed by atoms with Gasteiger partial charge in [-0.3, -0.25) is 0 Å². The quantitative estimate of drug-likeness (QED) is 0.411. The Kier molecular flexibility index (Phi) is 6.25. The molecule has 146 valence electrons. The Labute approximate surface area is 163 Å². The van der Waals surface area contributed by atoms with Crippen LogP contribution >= 0.6 is 0 Å². The highest BCUT2D eigenvalue weighted by Crippen LogP contribution is 2.28. The van der Waals surface area contributed by atoms with Gasteiger partial charge in [0.2, 0.25) is 0 Å². The van der Waals surface area contributed by atoms with E-state index in [1.165, 1.54) is 21.8 Å². The molecule has 0 aliphatic carbocycles. The predicted octanol–water partition coefficient (Wildman–Crippen LogP) is -1.61. The fourth-order valence-corrected chi connectivity index (χ4v) is 3.27. The van der Waals surface area contributed by atoms with E-state index in [1.807, 2.05) is 35.2 Å². The van der Waals surface area contributed by atoms with E-state index >= 15 is 0 Å². The van der Waals surface area contributed by atoms with E-state index in [0.717, 1.165) is 0 Å². The fraction of sp³-hybridized carbons (Fsp3) is 0.150. The highest BCUT2D eigenvalue weighted by Gasteiger charge is 2.15. The molecule has 1 N–H and O–H groups in total. The van der Waals surface area contributed by atoms with E-state index < -0.39 is 16.3 Å². The summed E-state index contributed by atoms with van der Waals surface area (Å²) in [5.74, 6) is 0. The van der Waals surface area contributed by atoms with Crippen LogP contribution in [-0.4, -0.2) is 15.8 Å². The van der Waals surface area contributed by atoms with E-state index in [1.54, 1.807) is 0 Å². The van der Waals surface area contributed by atoms with Crippen LogP contribution in [0.15, 0.2) is 79.1 Å². The van der Waals surface area contributed by atoms with Gasteiger partial charge in [-0.05, 0) is 12.1 Å². The standard InChI is InChI=1S/C20H19N2O.ClHO4/c23-16(14-21-12-6-1-7-13-21)15-22-19-10-4-2-8-17(19)18-9-3-5-11-20(18)22;2-1(3,4)5/h1-13,16,23H,14-15H2;(H,2,3,4,5)/q+1;/p-1. The number of aromatic nitrogens is 2. The largest absolute Gasteiger partial charge is 0.385 e. The van der Waals surface area contributed by atoms with Crippen LogP contribution in [-0.2, 0) is 13.1 Å². The maximum Gasteiger partial charge on any atom is 0.175 e. The Hall–Kier alpha value is -2.52. The minimum Gasteiger partial charge on any atom is -0.385 e. The third-order valence-electron chi connectivity index (χ3n) is 4.27. The van der Waals surface area contributed by atoms with E-state index in [4.69, 9.17) is 18.6 Å². The normalized spacial score (nSPS) is 12.6. The topological polar surface area (TPSA) is 121 Å². The maximum atomic E-state index is 10.6. The van der Waals surface area contributed by atoms with Crippen molar-refractivity contribution >= 4 is 21.8 Å². The van der Waals surface area contributed by atoms with Gasteiger partial charge < -0.3 is 9.67 Å². The predicted molar refractivity (Wildman–Crippen MR) is 92.1 cm³/mol. The van der Waals surface area contributed by atoms with Gasteiger partial charge in [-0.15, -0.1) is 10.2 Å². The fourth-order valence-electron chi connectivity index (χ4n) is 3.27. The van der Waals surface area contributed by atoms with Gasteiger partial charge in [0, 0.05) is 33.9 Å². The zero-order chi connectivity index (χ0) is 20.1. The zero-order valence-corrected chi connectivity index (χ0v) is 15.6. The van der Waals surface area contributed by atoms with Gasteiger partial charge in [0.15, 0.2) is 18.9 Å². The number of rotatable bonds is 4. The molecular weight excluding hydrogens is 384 g/mol. The molecule has 1 unspecified atom stereocenters. The summed E-state index contributed by atoms with van der Waals surface area (Å²) in [6, 6.07) is 22.7. The van der Waals surface area contributed by atoms with E-state index in [0.29, 0.717) is 13.1 Å². The number of benzene rings is 2. The lowest BCUT2D eigenvalue weighted by molar-refractivity contribution is -2.00. The Morgan fingerprint density at radius 1 is 0.786 bits per heavy atom. The molecule has 1 atom stereocenters. The molecular formula is C20H19ClN2O5. The van der Waals surface area contributed by atoms with Crippen molar-refractivity contribution in [3.63, 3.8) is 0 Å². The number of aliphatic hydroxyl groups excluding tert-OH is 1. The molecule has 2 aromatic carbocycles. The summed E-state index contributed by atoms with van der Waals surface area (Å²) in [5, 5.41) is 13.0. The second-order valence-electron chi connectivity index (χ2n) is 6.25. The highest BCUT2D eigenvalue weighted by atomic mass is 35.7. The highest BCUT2D eigenvalue weighted by molar-refractivity contribution is 6.07. The zero-order valence-electron chi connectivity index (χ0n) is 14.8. The Balaban J connectivity index is 0.000000403. The molecule has 0 saturated heterocycles. The lowest BCUT2D eigenvalue weighted by Crippen LogP contribution is -2.68. The molecule has 2 aromatic heterocycles. The molecule has 28 heavy (non-hydrogen) atoms. The molecule has 0 aliphatic rings. The summed E-state index contributed by atoms with van der Waals surface area (Å²) in [5.41, 5.74) is 2.34. The van der Waals surface area contributed by atoms with Crippen LogP contribution in [0.1, 0.15) is 0 Å². The monoisotopic (exact) mass is 402 g/mol. The molecule has 0 saturated carbocycles. The molecule has 0 radical (unpaired) electrons. The number of hydrogen-bond donors (Lipinski definition) is 1. The van der Waals surface area contributed by atoms with Crippen LogP contribution in [0.2, 0.25) is 0 Å². The third kappa shape index (κ3) is 5.26. The molecule has 7 nitrogen and oxygen atoms in total. The van der Waals surface area contributed by atoms with Gasteiger partial charge in [-0.1, -0.05) is 42.5 Å². The van der Waals surface area contributed by atoms with Crippen LogP contribution in [0, 0.1) is 10.2 Å². The Morgan fingerprint density at radius 3 is 1.75 bits per heavy atom. The minimum atomic E-state index is -4.94. The van der Waals surface area contributed by atoms with Crippen LogP contribution in [0.4, 0.5) is 0 Å².